The minimum absolute atomic E-state index is 0.0248. The summed E-state index contributed by atoms with van der Waals surface area (Å²) in [5.41, 5.74) is 4.52. The van der Waals surface area contributed by atoms with Crippen molar-refractivity contribution in [3.05, 3.63) is 58.9 Å². The second-order valence-electron chi connectivity index (χ2n) is 5.22. The Kier molecular flexibility index (Phi) is 4.84. The zero-order valence-electron chi connectivity index (χ0n) is 13.0. The van der Waals surface area contributed by atoms with Crippen LogP contribution in [0.1, 0.15) is 36.6 Å². The van der Waals surface area contributed by atoms with E-state index in [0.717, 1.165) is 17.7 Å². The first-order chi connectivity index (χ1) is 10.1. The highest BCUT2D eigenvalue weighted by molar-refractivity contribution is 5.58. The Morgan fingerprint density at radius 2 is 2.00 bits per heavy atom. The fraction of sp³-hybridized carbons (Fsp3) is 0.333. The van der Waals surface area contributed by atoms with Gasteiger partial charge in [0.15, 0.2) is 11.6 Å². The van der Waals surface area contributed by atoms with Gasteiger partial charge in [-0.15, -0.1) is 0 Å². The van der Waals surface area contributed by atoms with Crippen LogP contribution in [-0.4, -0.2) is 7.11 Å². The number of hydrogen-bond acceptors (Lipinski definition) is 2. The van der Waals surface area contributed by atoms with E-state index >= 15 is 0 Å². The number of ether oxygens (including phenoxy) is 1. The van der Waals surface area contributed by atoms with E-state index in [1.165, 1.54) is 24.3 Å². The molecule has 2 rings (SSSR count). The molecular formula is C18H22FNO. The maximum atomic E-state index is 13.8. The van der Waals surface area contributed by atoms with Crippen molar-refractivity contribution in [3.8, 4) is 5.75 Å². The van der Waals surface area contributed by atoms with Gasteiger partial charge in [0.05, 0.1) is 7.11 Å². The Bertz CT molecular complexity index is 625. The third-order valence-corrected chi connectivity index (χ3v) is 3.78. The molecule has 1 atom stereocenters. The number of halogens is 1. The van der Waals surface area contributed by atoms with Gasteiger partial charge in [0.1, 0.15) is 0 Å². The van der Waals surface area contributed by atoms with E-state index in [9.17, 15) is 4.39 Å². The maximum absolute atomic E-state index is 13.8. The molecule has 0 saturated heterocycles. The zero-order valence-corrected chi connectivity index (χ0v) is 13.0. The van der Waals surface area contributed by atoms with Gasteiger partial charge in [-0.1, -0.05) is 31.2 Å². The summed E-state index contributed by atoms with van der Waals surface area (Å²) in [6, 6.07) is 11.4. The topological polar surface area (TPSA) is 21.3 Å². The lowest BCUT2D eigenvalue weighted by atomic mass is 10.0. The van der Waals surface area contributed by atoms with E-state index in [1.54, 1.807) is 6.07 Å². The highest BCUT2D eigenvalue weighted by Gasteiger charge is 2.12. The van der Waals surface area contributed by atoms with Crippen LogP contribution in [0.3, 0.4) is 0 Å². The summed E-state index contributed by atoms with van der Waals surface area (Å²) in [5.74, 6) is -0.0553. The van der Waals surface area contributed by atoms with Crippen LogP contribution in [0.25, 0.3) is 0 Å². The second kappa shape index (κ2) is 6.61. The molecule has 21 heavy (non-hydrogen) atoms. The Hall–Kier alpha value is -2.03. The molecule has 0 aliphatic heterocycles. The molecule has 0 fully saturated rings. The van der Waals surface area contributed by atoms with Crippen molar-refractivity contribution in [3.63, 3.8) is 0 Å². The van der Waals surface area contributed by atoms with Crippen LogP contribution < -0.4 is 10.1 Å². The van der Waals surface area contributed by atoms with Crippen LogP contribution in [0.4, 0.5) is 10.1 Å². The van der Waals surface area contributed by atoms with Crippen molar-refractivity contribution in [2.24, 2.45) is 0 Å². The first-order valence-electron chi connectivity index (χ1n) is 7.25. The van der Waals surface area contributed by atoms with Gasteiger partial charge >= 0.3 is 0 Å². The van der Waals surface area contributed by atoms with Crippen LogP contribution in [0, 0.1) is 12.7 Å². The van der Waals surface area contributed by atoms with Gasteiger partial charge in [0.2, 0.25) is 0 Å². The van der Waals surface area contributed by atoms with Gasteiger partial charge in [-0.05, 0) is 49.1 Å². The standard InChI is InChI=1S/C18H22FNO/c1-5-14-8-6-7-12(2)18(14)20-13(3)15-9-10-17(21-4)16(19)11-15/h6-11,13,20H,5H2,1-4H3. The van der Waals surface area contributed by atoms with Gasteiger partial charge < -0.3 is 10.1 Å². The molecule has 0 saturated carbocycles. The molecule has 2 aromatic rings. The third kappa shape index (κ3) is 3.35. The summed E-state index contributed by atoms with van der Waals surface area (Å²) < 4.78 is 18.8. The molecule has 0 aromatic heterocycles. The van der Waals surface area contributed by atoms with Crippen molar-refractivity contribution in [1.82, 2.24) is 0 Å². The van der Waals surface area contributed by atoms with Crippen LogP contribution in [0.2, 0.25) is 0 Å². The molecule has 0 amide bonds. The first-order valence-corrected chi connectivity index (χ1v) is 7.25. The number of para-hydroxylation sites is 1. The summed E-state index contributed by atoms with van der Waals surface area (Å²) in [6.07, 6.45) is 0.966. The smallest absolute Gasteiger partial charge is 0.165 e. The zero-order chi connectivity index (χ0) is 15.4. The van der Waals surface area contributed by atoms with Crippen molar-refractivity contribution >= 4 is 5.69 Å². The lowest BCUT2D eigenvalue weighted by molar-refractivity contribution is 0.386. The van der Waals surface area contributed by atoms with Crippen molar-refractivity contribution in [2.75, 3.05) is 12.4 Å². The molecule has 0 bridgehead atoms. The molecule has 0 heterocycles. The Labute approximate surface area is 126 Å². The number of methoxy groups -OCH3 is 1. The van der Waals surface area contributed by atoms with E-state index in [1.807, 2.05) is 13.0 Å². The minimum Gasteiger partial charge on any atom is -0.494 e. The Balaban J connectivity index is 2.26. The Morgan fingerprint density at radius 3 is 2.62 bits per heavy atom. The average Bonchev–Trinajstić information content (AvgIpc) is 2.49. The summed E-state index contributed by atoms with van der Waals surface area (Å²) in [7, 11) is 1.47. The molecular weight excluding hydrogens is 265 g/mol. The van der Waals surface area contributed by atoms with Gasteiger partial charge in [0.25, 0.3) is 0 Å². The van der Waals surface area contributed by atoms with E-state index < -0.39 is 0 Å². The number of aryl methyl sites for hydroxylation is 2. The number of rotatable bonds is 5. The van der Waals surface area contributed by atoms with E-state index in [2.05, 4.69) is 37.4 Å². The van der Waals surface area contributed by atoms with Gasteiger partial charge in [-0.25, -0.2) is 4.39 Å². The Morgan fingerprint density at radius 1 is 1.24 bits per heavy atom. The quantitative estimate of drug-likeness (QED) is 0.846. The fourth-order valence-electron chi connectivity index (χ4n) is 2.48. The van der Waals surface area contributed by atoms with Crippen LogP contribution in [0.15, 0.2) is 36.4 Å². The van der Waals surface area contributed by atoms with Crippen LogP contribution in [0.5, 0.6) is 5.75 Å². The molecule has 1 N–H and O–H groups in total. The fourth-order valence-corrected chi connectivity index (χ4v) is 2.48. The lowest BCUT2D eigenvalue weighted by Crippen LogP contribution is -2.10. The summed E-state index contributed by atoms with van der Waals surface area (Å²) in [5, 5.41) is 3.50. The molecule has 112 valence electrons. The van der Waals surface area contributed by atoms with Gasteiger partial charge in [-0.2, -0.15) is 0 Å². The lowest BCUT2D eigenvalue weighted by Gasteiger charge is -2.20. The largest absolute Gasteiger partial charge is 0.494 e. The minimum atomic E-state index is -0.329. The van der Waals surface area contributed by atoms with Crippen molar-refractivity contribution < 1.29 is 9.13 Å². The highest BCUT2D eigenvalue weighted by Crippen LogP contribution is 2.28. The van der Waals surface area contributed by atoms with Crippen LogP contribution in [-0.2, 0) is 6.42 Å². The summed E-state index contributed by atoms with van der Waals surface area (Å²) in [6.45, 7) is 6.26. The van der Waals surface area contributed by atoms with Gasteiger partial charge in [-0.3, -0.25) is 0 Å². The number of nitrogens with one attached hydrogen (secondary N) is 1. The molecule has 0 aliphatic carbocycles. The molecule has 0 spiro atoms. The first kappa shape index (κ1) is 15.4. The average molecular weight is 287 g/mol. The molecule has 1 unspecified atom stereocenters. The van der Waals surface area contributed by atoms with Crippen molar-refractivity contribution in [2.45, 2.75) is 33.2 Å². The summed E-state index contributed by atoms with van der Waals surface area (Å²) >= 11 is 0. The maximum Gasteiger partial charge on any atom is 0.165 e. The van der Waals surface area contributed by atoms with E-state index in [4.69, 9.17) is 4.74 Å². The molecule has 0 aliphatic rings. The predicted octanol–water partition coefficient (Wildman–Crippen LogP) is 4.88. The molecule has 2 nitrogen and oxygen atoms in total. The molecule has 3 heteroatoms. The number of benzene rings is 2. The molecule has 0 radical (unpaired) electrons. The SMILES string of the molecule is CCc1cccc(C)c1NC(C)c1ccc(OC)c(F)c1. The predicted molar refractivity (Wildman–Crippen MR) is 85.5 cm³/mol. The molecule has 2 aromatic carbocycles. The monoisotopic (exact) mass is 287 g/mol. The van der Waals surface area contributed by atoms with Gasteiger partial charge in [0, 0.05) is 11.7 Å². The number of anilines is 1. The normalized spacial score (nSPS) is 12.0. The highest BCUT2D eigenvalue weighted by atomic mass is 19.1. The third-order valence-electron chi connectivity index (χ3n) is 3.78. The second-order valence-corrected chi connectivity index (χ2v) is 5.22. The van der Waals surface area contributed by atoms with Crippen molar-refractivity contribution in [1.29, 1.82) is 0 Å². The number of hydrogen-bond donors (Lipinski definition) is 1. The van der Waals surface area contributed by atoms with E-state index in [-0.39, 0.29) is 17.6 Å². The van der Waals surface area contributed by atoms with Crippen LogP contribution >= 0.6 is 0 Å². The van der Waals surface area contributed by atoms with E-state index in [0.29, 0.717) is 0 Å². The summed E-state index contributed by atoms with van der Waals surface area (Å²) in [4.78, 5) is 0.